The number of nitrogens with zero attached hydrogens (tertiary/aromatic N) is 1. The third-order valence-electron chi connectivity index (χ3n) is 3.33. The number of nitrogens with one attached hydrogen (secondary N) is 1. The summed E-state index contributed by atoms with van der Waals surface area (Å²) in [5.41, 5.74) is 3.02. The quantitative estimate of drug-likeness (QED) is 0.676. The van der Waals surface area contributed by atoms with Crippen molar-refractivity contribution in [3.05, 3.63) is 63.2 Å². The molecular formula is C17H18N2O4. The van der Waals surface area contributed by atoms with E-state index in [0.717, 1.165) is 16.7 Å². The van der Waals surface area contributed by atoms with E-state index in [1.54, 1.807) is 12.1 Å². The number of carbonyl (C=O) groups is 1. The fraction of sp³-hybridized carbons (Fsp3) is 0.235. The normalized spacial score (nSPS) is 10.2. The Kier molecular flexibility index (Phi) is 4.95. The van der Waals surface area contributed by atoms with Gasteiger partial charge in [0.05, 0.1) is 4.92 Å². The average Bonchev–Trinajstić information content (AvgIpc) is 2.46. The number of ether oxygens (including phenoxy) is 1. The largest absolute Gasteiger partial charge is 0.483 e. The van der Waals surface area contributed by atoms with E-state index >= 15 is 0 Å². The lowest BCUT2D eigenvalue weighted by Gasteiger charge is -2.13. The van der Waals surface area contributed by atoms with Gasteiger partial charge < -0.3 is 10.1 Å². The minimum atomic E-state index is -0.537. The van der Waals surface area contributed by atoms with Crippen molar-refractivity contribution in [1.82, 2.24) is 0 Å². The number of nitro benzene ring substituents is 1. The summed E-state index contributed by atoms with van der Waals surface area (Å²) in [5.74, 6) is 0.215. The highest BCUT2D eigenvalue weighted by Crippen LogP contribution is 2.25. The van der Waals surface area contributed by atoms with E-state index in [4.69, 9.17) is 4.74 Å². The van der Waals surface area contributed by atoms with Crippen LogP contribution in [0.25, 0.3) is 0 Å². The molecule has 1 N–H and O–H groups in total. The fourth-order valence-corrected chi connectivity index (χ4v) is 2.46. The summed E-state index contributed by atoms with van der Waals surface area (Å²) in [6.45, 7) is 5.60. The number of carbonyl (C=O) groups excluding carboxylic acids is 1. The molecule has 0 radical (unpaired) electrons. The molecule has 2 rings (SSSR count). The highest BCUT2D eigenvalue weighted by atomic mass is 16.6. The van der Waals surface area contributed by atoms with Crippen molar-refractivity contribution in [3.63, 3.8) is 0 Å². The van der Waals surface area contributed by atoms with E-state index in [1.807, 2.05) is 32.9 Å². The molecule has 0 heterocycles. The summed E-state index contributed by atoms with van der Waals surface area (Å²) in [6, 6.07) is 9.94. The highest BCUT2D eigenvalue weighted by molar-refractivity contribution is 5.94. The van der Waals surface area contributed by atoms with Crippen LogP contribution in [0.2, 0.25) is 0 Å². The van der Waals surface area contributed by atoms with Gasteiger partial charge in [-0.2, -0.15) is 0 Å². The Balaban J connectivity index is 2.06. The van der Waals surface area contributed by atoms with Crippen molar-refractivity contribution in [2.75, 3.05) is 11.9 Å². The Morgan fingerprint density at radius 1 is 1.17 bits per heavy atom. The summed E-state index contributed by atoms with van der Waals surface area (Å²) in [7, 11) is 0. The van der Waals surface area contributed by atoms with Gasteiger partial charge in [-0.1, -0.05) is 29.8 Å². The number of rotatable bonds is 5. The Bertz CT molecular complexity index is 733. The van der Waals surface area contributed by atoms with Crippen LogP contribution in [0.1, 0.15) is 16.7 Å². The van der Waals surface area contributed by atoms with E-state index < -0.39 is 10.8 Å². The number of hydrogen-bond donors (Lipinski definition) is 1. The molecule has 2 aromatic rings. The van der Waals surface area contributed by atoms with Crippen LogP contribution in [-0.2, 0) is 4.79 Å². The molecular weight excluding hydrogens is 296 g/mol. The monoisotopic (exact) mass is 314 g/mol. The molecule has 0 aliphatic rings. The maximum absolute atomic E-state index is 12.0. The summed E-state index contributed by atoms with van der Waals surface area (Å²) >= 11 is 0. The minimum absolute atomic E-state index is 0.149. The third kappa shape index (κ3) is 4.06. The lowest BCUT2D eigenvalue weighted by atomic mass is 10.1. The van der Waals surface area contributed by atoms with Crippen LogP contribution < -0.4 is 10.1 Å². The van der Waals surface area contributed by atoms with E-state index in [0.29, 0.717) is 5.75 Å². The van der Waals surface area contributed by atoms with Gasteiger partial charge >= 0.3 is 0 Å². The first kappa shape index (κ1) is 16.5. The molecule has 23 heavy (non-hydrogen) atoms. The van der Waals surface area contributed by atoms with Crippen LogP contribution in [0, 0.1) is 30.9 Å². The number of amides is 1. The second kappa shape index (κ2) is 6.91. The zero-order valence-corrected chi connectivity index (χ0v) is 13.3. The maximum Gasteiger partial charge on any atom is 0.292 e. The zero-order valence-electron chi connectivity index (χ0n) is 13.3. The van der Waals surface area contributed by atoms with Gasteiger partial charge in [-0.05, 0) is 38.0 Å². The molecule has 0 saturated carbocycles. The summed E-state index contributed by atoms with van der Waals surface area (Å²) in [5, 5.41) is 13.4. The number of para-hydroxylation sites is 2. The lowest BCUT2D eigenvalue weighted by Crippen LogP contribution is -2.21. The molecule has 0 bridgehead atoms. The third-order valence-corrected chi connectivity index (χ3v) is 3.33. The van der Waals surface area contributed by atoms with Crippen molar-refractivity contribution < 1.29 is 14.5 Å². The van der Waals surface area contributed by atoms with Gasteiger partial charge in [-0.15, -0.1) is 0 Å². The Morgan fingerprint density at radius 2 is 1.78 bits per heavy atom. The molecule has 120 valence electrons. The Hall–Kier alpha value is -2.89. The van der Waals surface area contributed by atoms with Crippen LogP contribution in [0.15, 0.2) is 36.4 Å². The summed E-state index contributed by atoms with van der Waals surface area (Å²) in [6.07, 6.45) is 0. The molecule has 0 aromatic heterocycles. The number of hydrogen-bond acceptors (Lipinski definition) is 4. The molecule has 0 unspecified atom stereocenters. The van der Waals surface area contributed by atoms with Gasteiger partial charge in [0.25, 0.3) is 11.6 Å². The van der Waals surface area contributed by atoms with Crippen molar-refractivity contribution in [1.29, 1.82) is 0 Å². The van der Waals surface area contributed by atoms with Gasteiger partial charge in [-0.25, -0.2) is 0 Å². The predicted molar refractivity (Wildman–Crippen MR) is 87.9 cm³/mol. The highest BCUT2D eigenvalue weighted by Gasteiger charge is 2.15. The van der Waals surface area contributed by atoms with Crippen LogP contribution >= 0.6 is 0 Å². The van der Waals surface area contributed by atoms with Gasteiger partial charge in [0, 0.05) is 6.07 Å². The molecule has 0 fully saturated rings. The zero-order chi connectivity index (χ0) is 17.0. The average molecular weight is 314 g/mol. The van der Waals surface area contributed by atoms with Crippen molar-refractivity contribution in [3.8, 4) is 5.75 Å². The molecule has 6 nitrogen and oxygen atoms in total. The SMILES string of the molecule is Cc1cc(C)c(OCC(=O)Nc2ccccc2[N+](=O)[O-])c(C)c1. The van der Waals surface area contributed by atoms with Crippen LogP contribution in [0.4, 0.5) is 11.4 Å². The summed E-state index contributed by atoms with van der Waals surface area (Å²) in [4.78, 5) is 22.4. The summed E-state index contributed by atoms with van der Waals surface area (Å²) < 4.78 is 5.58. The minimum Gasteiger partial charge on any atom is -0.483 e. The number of benzene rings is 2. The van der Waals surface area contributed by atoms with Crippen molar-refractivity contribution >= 4 is 17.3 Å². The molecule has 6 heteroatoms. The second-order valence-corrected chi connectivity index (χ2v) is 5.34. The molecule has 0 aliphatic carbocycles. The molecule has 2 aromatic carbocycles. The number of aryl methyl sites for hydroxylation is 3. The van der Waals surface area contributed by atoms with Gasteiger partial charge in [0.2, 0.25) is 0 Å². The first-order valence-corrected chi connectivity index (χ1v) is 7.12. The Labute approximate surface area is 134 Å². The maximum atomic E-state index is 12.0. The van der Waals surface area contributed by atoms with Gasteiger partial charge in [-0.3, -0.25) is 14.9 Å². The van der Waals surface area contributed by atoms with Crippen molar-refractivity contribution in [2.24, 2.45) is 0 Å². The standard InChI is InChI=1S/C17H18N2O4/c1-11-8-12(2)17(13(3)9-11)23-10-16(20)18-14-6-4-5-7-15(14)19(21)22/h4-9H,10H2,1-3H3,(H,18,20). The molecule has 0 spiro atoms. The topological polar surface area (TPSA) is 81.5 Å². The van der Waals surface area contributed by atoms with Gasteiger partial charge in [0.15, 0.2) is 6.61 Å². The first-order chi connectivity index (χ1) is 10.9. The molecule has 0 aliphatic heterocycles. The number of nitro groups is 1. The Morgan fingerprint density at radius 3 is 2.39 bits per heavy atom. The van der Waals surface area contributed by atoms with Crippen LogP contribution in [-0.4, -0.2) is 17.4 Å². The van der Waals surface area contributed by atoms with E-state index in [9.17, 15) is 14.9 Å². The van der Waals surface area contributed by atoms with E-state index in [2.05, 4.69) is 5.32 Å². The molecule has 0 atom stereocenters. The molecule has 0 saturated heterocycles. The van der Waals surface area contributed by atoms with Crippen LogP contribution in [0.5, 0.6) is 5.75 Å². The molecule has 1 amide bonds. The van der Waals surface area contributed by atoms with E-state index in [1.165, 1.54) is 12.1 Å². The van der Waals surface area contributed by atoms with Crippen LogP contribution in [0.3, 0.4) is 0 Å². The lowest BCUT2D eigenvalue weighted by molar-refractivity contribution is -0.383. The second-order valence-electron chi connectivity index (χ2n) is 5.34. The van der Waals surface area contributed by atoms with Gasteiger partial charge in [0.1, 0.15) is 11.4 Å². The predicted octanol–water partition coefficient (Wildman–Crippen LogP) is 3.54. The first-order valence-electron chi connectivity index (χ1n) is 7.12. The fourth-order valence-electron chi connectivity index (χ4n) is 2.46. The number of anilines is 1. The van der Waals surface area contributed by atoms with E-state index in [-0.39, 0.29) is 18.0 Å². The van der Waals surface area contributed by atoms with Crippen molar-refractivity contribution in [2.45, 2.75) is 20.8 Å². The smallest absolute Gasteiger partial charge is 0.292 e.